The SMILES string of the molecule is COc1cccc(NS(=O)(=O)c2cc(-c3noc(C4CCC4)n3)cs2)c1. The van der Waals surface area contributed by atoms with Crippen LogP contribution in [-0.4, -0.2) is 25.7 Å². The van der Waals surface area contributed by atoms with Crippen LogP contribution in [-0.2, 0) is 10.0 Å². The van der Waals surface area contributed by atoms with Crippen molar-refractivity contribution < 1.29 is 17.7 Å². The molecule has 3 aromatic rings. The standard InChI is InChI=1S/C17H17N3O4S2/c1-23-14-7-3-6-13(9-14)20-26(21,22)15-8-12(10-25-15)16-18-17(24-19-16)11-4-2-5-11/h3,6-11,20H,2,4-5H2,1H3. The van der Waals surface area contributed by atoms with Crippen molar-refractivity contribution >= 4 is 27.0 Å². The Morgan fingerprint density at radius 2 is 2.15 bits per heavy atom. The number of sulfonamides is 1. The molecule has 0 radical (unpaired) electrons. The van der Waals surface area contributed by atoms with Gasteiger partial charge in [-0.25, -0.2) is 8.42 Å². The lowest BCUT2D eigenvalue weighted by Gasteiger charge is -2.20. The van der Waals surface area contributed by atoms with Crippen LogP contribution in [0.1, 0.15) is 31.1 Å². The average Bonchev–Trinajstić information content (AvgIpc) is 3.22. The third-order valence-corrected chi connectivity index (χ3v) is 7.14. The molecular formula is C17H17N3O4S2. The van der Waals surface area contributed by atoms with E-state index in [2.05, 4.69) is 14.9 Å². The minimum absolute atomic E-state index is 0.185. The lowest BCUT2D eigenvalue weighted by atomic mass is 9.85. The van der Waals surface area contributed by atoms with Gasteiger partial charge in [-0.3, -0.25) is 4.72 Å². The van der Waals surface area contributed by atoms with E-state index in [1.807, 2.05) is 0 Å². The van der Waals surface area contributed by atoms with Crippen molar-refractivity contribution in [1.82, 2.24) is 10.1 Å². The Kier molecular flexibility index (Phi) is 4.41. The van der Waals surface area contributed by atoms with Crippen LogP contribution >= 0.6 is 11.3 Å². The van der Waals surface area contributed by atoms with Crippen molar-refractivity contribution in [3.8, 4) is 17.1 Å². The Balaban J connectivity index is 1.55. The van der Waals surface area contributed by atoms with Gasteiger partial charge in [0.2, 0.25) is 11.7 Å². The molecule has 1 N–H and O–H groups in total. The second-order valence-corrected chi connectivity index (χ2v) is 8.90. The number of methoxy groups -OCH3 is 1. The molecule has 1 aliphatic rings. The van der Waals surface area contributed by atoms with E-state index < -0.39 is 10.0 Å². The summed E-state index contributed by atoms with van der Waals surface area (Å²) in [6.07, 6.45) is 3.31. The number of rotatable bonds is 6. The molecule has 7 nitrogen and oxygen atoms in total. The van der Waals surface area contributed by atoms with Gasteiger partial charge in [0.1, 0.15) is 9.96 Å². The first-order valence-corrected chi connectivity index (χ1v) is 10.5. The second-order valence-electron chi connectivity index (χ2n) is 6.08. The number of thiophene rings is 1. The number of aromatic nitrogens is 2. The molecule has 1 saturated carbocycles. The van der Waals surface area contributed by atoms with Gasteiger partial charge in [0, 0.05) is 22.9 Å². The predicted octanol–water partition coefficient (Wildman–Crippen LogP) is 3.88. The first kappa shape index (κ1) is 17.0. The number of hydrogen-bond donors (Lipinski definition) is 1. The van der Waals surface area contributed by atoms with Crippen LogP contribution in [0.15, 0.2) is 44.4 Å². The molecule has 0 amide bonds. The summed E-state index contributed by atoms with van der Waals surface area (Å²) < 4.78 is 38.4. The highest BCUT2D eigenvalue weighted by atomic mass is 32.2. The molecule has 0 saturated heterocycles. The molecule has 0 atom stereocenters. The maximum Gasteiger partial charge on any atom is 0.271 e. The monoisotopic (exact) mass is 391 g/mol. The summed E-state index contributed by atoms with van der Waals surface area (Å²) in [6, 6.07) is 8.31. The van der Waals surface area contributed by atoms with Crippen LogP contribution in [0.3, 0.4) is 0 Å². The molecule has 9 heteroatoms. The molecule has 2 heterocycles. The van der Waals surface area contributed by atoms with Crippen LogP contribution < -0.4 is 9.46 Å². The zero-order valence-electron chi connectivity index (χ0n) is 14.0. The van der Waals surface area contributed by atoms with E-state index in [-0.39, 0.29) is 4.21 Å². The first-order chi connectivity index (χ1) is 12.5. The molecule has 0 aliphatic heterocycles. The zero-order chi connectivity index (χ0) is 18.1. The number of nitrogens with zero attached hydrogens (tertiary/aromatic N) is 2. The van der Waals surface area contributed by atoms with Crippen molar-refractivity contribution in [1.29, 1.82) is 0 Å². The summed E-state index contributed by atoms with van der Waals surface area (Å²) in [5.41, 5.74) is 1.07. The fourth-order valence-corrected chi connectivity index (χ4v) is 4.85. The Morgan fingerprint density at radius 3 is 2.88 bits per heavy atom. The van der Waals surface area contributed by atoms with Crippen molar-refractivity contribution in [2.24, 2.45) is 0 Å². The van der Waals surface area contributed by atoms with E-state index in [0.717, 1.165) is 24.2 Å². The topological polar surface area (TPSA) is 94.3 Å². The molecule has 26 heavy (non-hydrogen) atoms. The van der Waals surface area contributed by atoms with Crippen molar-refractivity contribution in [3.63, 3.8) is 0 Å². The van der Waals surface area contributed by atoms with Gasteiger partial charge in [0.05, 0.1) is 12.8 Å². The van der Waals surface area contributed by atoms with Gasteiger partial charge in [-0.2, -0.15) is 4.98 Å². The van der Waals surface area contributed by atoms with Gasteiger partial charge in [-0.05, 0) is 31.0 Å². The molecule has 1 aromatic carbocycles. The smallest absolute Gasteiger partial charge is 0.271 e. The third kappa shape index (κ3) is 3.32. The molecule has 0 unspecified atom stereocenters. The fraction of sp³-hybridized carbons (Fsp3) is 0.294. The number of hydrogen-bond acceptors (Lipinski definition) is 7. The molecule has 1 aliphatic carbocycles. The molecule has 4 rings (SSSR count). The predicted molar refractivity (Wildman–Crippen MR) is 98.0 cm³/mol. The van der Waals surface area contributed by atoms with E-state index in [1.165, 1.54) is 13.5 Å². The maximum atomic E-state index is 12.6. The molecular weight excluding hydrogens is 374 g/mol. The van der Waals surface area contributed by atoms with Gasteiger partial charge in [0.15, 0.2) is 0 Å². The van der Waals surface area contributed by atoms with Gasteiger partial charge in [-0.15, -0.1) is 11.3 Å². The molecule has 136 valence electrons. The van der Waals surface area contributed by atoms with E-state index in [4.69, 9.17) is 9.26 Å². The molecule has 2 aromatic heterocycles. The van der Waals surface area contributed by atoms with Crippen molar-refractivity contribution in [2.45, 2.75) is 29.4 Å². The van der Waals surface area contributed by atoms with Crippen molar-refractivity contribution in [3.05, 3.63) is 41.6 Å². The zero-order valence-corrected chi connectivity index (χ0v) is 15.6. The number of ether oxygens (including phenoxy) is 1. The van der Waals surface area contributed by atoms with E-state index in [0.29, 0.717) is 34.6 Å². The number of anilines is 1. The van der Waals surface area contributed by atoms with E-state index >= 15 is 0 Å². The summed E-state index contributed by atoms with van der Waals surface area (Å²) in [5.74, 6) is 1.97. The number of nitrogens with one attached hydrogen (secondary N) is 1. The maximum absolute atomic E-state index is 12.6. The minimum atomic E-state index is -3.70. The quantitative estimate of drug-likeness (QED) is 0.685. The molecule has 0 spiro atoms. The van der Waals surface area contributed by atoms with Crippen LogP contribution in [0.25, 0.3) is 11.4 Å². The Hall–Kier alpha value is -2.39. The molecule has 0 bridgehead atoms. The van der Waals surface area contributed by atoms with Crippen LogP contribution in [0, 0.1) is 0 Å². The van der Waals surface area contributed by atoms with Gasteiger partial charge in [0.25, 0.3) is 10.0 Å². The van der Waals surface area contributed by atoms with Gasteiger partial charge >= 0.3 is 0 Å². The third-order valence-electron chi connectivity index (χ3n) is 4.32. The number of benzene rings is 1. The highest BCUT2D eigenvalue weighted by Crippen LogP contribution is 2.36. The first-order valence-electron chi connectivity index (χ1n) is 8.14. The second kappa shape index (κ2) is 6.73. The highest BCUT2D eigenvalue weighted by Gasteiger charge is 2.26. The normalized spacial score (nSPS) is 14.8. The minimum Gasteiger partial charge on any atom is -0.497 e. The fourth-order valence-electron chi connectivity index (χ4n) is 2.64. The summed E-state index contributed by atoms with van der Waals surface area (Å²) in [5, 5.41) is 5.70. The highest BCUT2D eigenvalue weighted by molar-refractivity contribution is 7.94. The lowest BCUT2D eigenvalue weighted by molar-refractivity contribution is 0.292. The van der Waals surface area contributed by atoms with Crippen LogP contribution in [0.4, 0.5) is 5.69 Å². The van der Waals surface area contributed by atoms with Gasteiger partial charge < -0.3 is 9.26 Å². The summed E-state index contributed by atoms with van der Waals surface area (Å²) in [7, 11) is -2.17. The summed E-state index contributed by atoms with van der Waals surface area (Å²) in [4.78, 5) is 4.40. The Morgan fingerprint density at radius 1 is 1.31 bits per heavy atom. The Labute approximate surface area is 155 Å². The average molecular weight is 391 g/mol. The largest absolute Gasteiger partial charge is 0.497 e. The van der Waals surface area contributed by atoms with Crippen LogP contribution in [0.5, 0.6) is 5.75 Å². The summed E-state index contributed by atoms with van der Waals surface area (Å²) >= 11 is 1.11. The summed E-state index contributed by atoms with van der Waals surface area (Å²) in [6.45, 7) is 0. The van der Waals surface area contributed by atoms with E-state index in [9.17, 15) is 8.42 Å². The lowest BCUT2D eigenvalue weighted by Crippen LogP contribution is -2.11. The van der Waals surface area contributed by atoms with Crippen LogP contribution in [0.2, 0.25) is 0 Å². The van der Waals surface area contributed by atoms with Gasteiger partial charge in [-0.1, -0.05) is 17.6 Å². The Bertz CT molecular complexity index is 1020. The molecule has 1 fully saturated rings. The van der Waals surface area contributed by atoms with Crippen molar-refractivity contribution in [2.75, 3.05) is 11.8 Å². The van der Waals surface area contributed by atoms with E-state index in [1.54, 1.807) is 35.7 Å².